The van der Waals surface area contributed by atoms with E-state index in [1.165, 1.54) is 0 Å². The molecule has 0 aromatic heterocycles. The van der Waals surface area contributed by atoms with E-state index in [0.717, 1.165) is 6.92 Å². The number of benzene rings is 1. The van der Waals surface area contributed by atoms with Gasteiger partial charge in [0.15, 0.2) is 17.2 Å². The first-order valence-electron chi connectivity index (χ1n) is 10.6. The zero-order valence-electron chi connectivity index (χ0n) is 17.8. The topological polar surface area (TPSA) is 149 Å². The van der Waals surface area contributed by atoms with Crippen LogP contribution in [-0.4, -0.2) is 49.2 Å². The summed E-state index contributed by atoms with van der Waals surface area (Å²) in [5.41, 5.74) is -2.49. The maximum absolute atomic E-state index is 13.4. The second-order valence-corrected chi connectivity index (χ2v) is 8.78. The summed E-state index contributed by atoms with van der Waals surface area (Å²) in [5, 5.41) is 43.2. The van der Waals surface area contributed by atoms with Crippen LogP contribution in [-0.2, 0) is 27.2 Å². The Kier molecular flexibility index (Phi) is 5.08. The van der Waals surface area contributed by atoms with Crippen molar-refractivity contribution in [3.63, 3.8) is 0 Å². The molecule has 8 heteroatoms. The van der Waals surface area contributed by atoms with Crippen LogP contribution in [0.1, 0.15) is 54.6 Å². The van der Waals surface area contributed by atoms with Crippen molar-refractivity contribution in [2.24, 2.45) is 11.8 Å². The first kappa shape index (κ1) is 22.0. The summed E-state index contributed by atoms with van der Waals surface area (Å²) < 4.78 is 0. The number of hydrogen-bond donors (Lipinski definition) is 4. The zero-order valence-corrected chi connectivity index (χ0v) is 17.8. The normalized spacial score (nSPS) is 27.1. The molecule has 168 valence electrons. The molecule has 0 unspecified atom stereocenters. The van der Waals surface area contributed by atoms with Crippen molar-refractivity contribution >= 4 is 23.1 Å². The van der Waals surface area contributed by atoms with Crippen LogP contribution < -0.4 is 0 Å². The Balaban J connectivity index is 1.84. The number of aliphatic hydroxyl groups is 3. The molecule has 0 amide bonds. The summed E-state index contributed by atoms with van der Waals surface area (Å²) in [7, 11) is 0. The van der Waals surface area contributed by atoms with Gasteiger partial charge in [0, 0.05) is 36.3 Å². The van der Waals surface area contributed by atoms with Crippen LogP contribution in [0.2, 0.25) is 0 Å². The van der Waals surface area contributed by atoms with Crippen LogP contribution in [0, 0.1) is 11.8 Å². The van der Waals surface area contributed by atoms with Gasteiger partial charge in [-0.15, -0.1) is 0 Å². The van der Waals surface area contributed by atoms with Crippen LogP contribution in [0.5, 0.6) is 5.75 Å². The molecule has 4 rings (SSSR count). The third-order valence-corrected chi connectivity index (χ3v) is 6.91. The number of allylic oxidation sites excluding steroid dienone is 2. The van der Waals surface area contributed by atoms with Crippen molar-refractivity contribution in [3.05, 3.63) is 51.5 Å². The van der Waals surface area contributed by atoms with E-state index in [4.69, 9.17) is 0 Å². The smallest absolute Gasteiger partial charge is 0.209 e. The van der Waals surface area contributed by atoms with E-state index >= 15 is 0 Å². The van der Waals surface area contributed by atoms with Gasteiger partial charge in [-0.1, -0.05) is 19.1 Å². The number of hydrogen-bond acceptors (Lipinski definition) is 8. The molecule has 3 atom stereocenters. The lowest BCUT2D eigenvalue weighted by Crippen LogP contribution is -2.56. The Bertz CT molecular complexity index is 1150. The number of fused-ring (bicyclic) bond motifs is 3. The monoisotopic (exact) mass is 440 g/mol. The summed E-state index contributed by atoms with van der Waals surface area (Å²) in [4.78, 5) is 50.1. The van der Waals surface area contributed by atoms with Crippen LogP contribution in [0.3, 0.4) is 0 Å². The Labute approximate surface area is 183 Å². The van der Waals surface area contributed by atoms with Gasteiger partial charge in [0.05, 0.1) is 5.56 Å². The van der Waals surface area contributed by atoms with E-state index in [2.05, 4.69) is 0 Å². The molecule has 0 spiro atoms. The van der Waals surface area contributed by atoms with Crippen molar-refractivity contribution < 1.29 is 39.6 Å². The lowest BCUT2D eigenvalue weighted by atomic mass is 9.60. The number of Topliss-reactive ketones (excluding diaryl/α,β-unsaturated/α-hetero) is 4. The number of ketones is 4. The van der Waals surface area contributed by atoms with Gasteiger partial charge in [0.1, 0.15) is 28.6 Å². The Morgan fingerprint density at radius 1 is 1.12 bits per heavy atom. The van der Waals surface area contributed by atoms with Crippen molar-refractivity contribution in [1.29, 1.82) is 0 Å². The molecule has 0 fully saturated rings. The summed E-state index contributed by atoms with van der Waals surface area (Å²) in [5.74, 6) is -5.78. The average Bonchev–Trinajstić information content (AvgIpc) is 2.72. The first-order chi connectivity index (χ1) is 15.0. The number of aromatic hydroxyl groups is 1. The second kappa shape index (κ2) is 7.41. The van der Waals surface area contributed by atoms with E-state index in [-0.39, 0.29) is 60.3 Å². The highest BCUT2D eigenvalue weighted by molar-refractivity contribution is 6.25. The summed E-state index contributed by atoms with van der Waals surface area (Å²) in [6, 6.07) is 3.26. The Morgan fingerprint density at radius 3 is 2.44 bits per heavy atom. The van der Waals surface area contributed by atoms with Crippen molar-refractivity contribution in [1.82, 2.24) is 0 Å². The molecule has 0 bridgehead atoms. The minimum Gasteiger partial charge on any atom is -0.511 e. The van der Waals surface area contributed by atoms with E-state index in [1.54, 1.807) is 19.1 Å². The second-order valence-electron chi connectivity index (χ2n) is 8.78. The third-order valence-electron chi connectivity index (χ3n) is 6.91. The molecule has 0 saturated heterocycles. The fourth-order valence-electron chi connectivity index (χ4n) is 5.23. The molecular formula is C24H24O8. The maximum Gasteiger partial charge on any atom is 0.209 e. The van der Waals surface area contributed by atoms with Gasteiger partial charge < -0.3 is 20.4 Å². The van der Waals surface area contributed by atoms with Crippen LogP contribution in [0.25, 0.3) is 0 Å². The van der Waals surface area contributed by atoms with Crippen molar-refractivity contribution in [2.75, 3.05) is 0 Å². The maximum atomic E-state index is 13.4. The number of carbonyl (C=O) groups excluding carboxylic acids is 4. The fourth-order valence-corrected chi connectivity index (χ4v) is 5.23. The highest BCUT2D eigenvalue weighted by atomic mass is 16.3. The molecule has 0 aliphatic heterocycles. The van der Waals surface area contributed by atoms with Gasteiger partial charge in [0.2, 0.25) is 5.78 Å². The van der Waals surface area contributed by atoms with Gasteiger partial charge in [-0.2, -0.15) is 0 Å². The quantitative estimate of drug-likeness (QED) is 0.521. The van der Waals surface area contributed by atoms with E-state index in [9.17, 15) is 39.6 Å². The molecule has 8 nitrogen and oxygen atoms in total. The number of aliphatic hydroxyl groups excluding tert-OH is 2. The summed E-state index contributed by atoms with van der Waals surface area (Å²) in [6.45, 7) is 2.76. The Morgan fingerprint density at radius 2 is 1.81 bits per heavy atom. The SMILES string of the molecule is CCC(=O)Cc1ccc2c(c1O)C(=O)C1=C(O)[C@]3(O)C(=O)C(C(C)=O)=C(O)C[C@@H]3C[C@@H]1C2. The molecular weight excluding hydrogens is 416 g/mol. The molecule has 1 aromatic rings. The third kappa shape index (κ3) is 2.93. The molecule has 4 N–H and O–H groups in total. The number of phenols is 1. The molecule has 0 heterocycles. The largest absolute Gasteiger partial charge is 0.511 e. The summed E-state index contributed by atoms with van der Waals surface area (Å²) >= 11 is 0. The lowest BCUT2D eigenvalue weighted by molar-refractivity contribution is -0.144. The lowest BCUT2D eigenvalue weighted by Gasteiger charge is -2.45. The molecule has 3 aliphatic rings. The molecule has 3 aliphatic carbocycles. The van der Waals surface area contributed by atoms with Gasteiger partial charge in [-0.3, -0.25) is 19.2 Å². The van der Waals surface area contributed by atoms with Crippen molar-refractivity contribution in [3.8, 4) is 5.75 Å². The van der Waals surface area contributed by atoms with E-state index in [1.807, 2.05) is 0 Å². The van der Waals surface area contributed by atoms with Gasteiger partial charge in [0.25, 0.3) is 0 Å². The standard InChI is InChI=1S/C24H24O8/c1-3-15(26)8-12-5-4-11-6-13-7-14-9-16(27)17(10(2)25)22(30)24(14,32)23(31)19(13)21(29)18(11)20(12)28/h4-5,13-14,27-28,31-32H,3,6-9H2,1-2H3/t13-,14-,24+/m0/s1. The Hall–Kier alpha value is -3.26. The summed E-state index contributed by atoms with van der Waals surface area (Å²) in [6.07, 6.45) is 0.427. The number of rotatable bonds is 4. The van der Waals surface area contributed by atoms with Crippen LogP contribution in [0.4, 0.5) is 0 Å². The fraction of sp³-hybridized carbons (Fsp3) is 0.417. The molecule has 1 aromatic carbocycles. The average molecular weight is 440 g/mol. The van der Waals surface area contributed by atoms with Crippen LogP contribution >= 0.6 is 0 Å². The van der Waals surface area contributed by atoms with Gasteiger partial charge in [-0.05, 0) is 31.2 Å². The number of phenolic OH excluding ortho intramolecular Hbond substituents is 1. The molecule has 0 radical (unpaired) electrons. The highest BCUT2D eigenvalue weighted by Gasteiger charge is 2.59. The predicted molar refractivity (Wildman–Crippen MR) is 111 cm³/mol. The highest BCUT2D eigenvalue weighted by Crippen LogP contribution is 2.51. The minimum absolute atomic E-state index is 0.0477. The first-order valence-corrected chi connectivity index (χ1v) is 10.6. The van der Waals surface area contributed by atoms with Gasteiger partial charge in [-0.25, -0.2) is 0 Å². The van der Waals surface area contributed by atoms with E-state index in [0.29, 0.717) is 5.56 Å². The van der Waals surface area contributed by atoms with Crippen LogP contribution in [0.15, 0.2) is 34.8 Å². The zero-order chi connectivity index (χ0) is 23.5. The van der Waals surface area contributed by atoms with Gasteiger partial charge >= 0.3 is 0 Å². The molecule has 0 saturated carbocycles. The van der Waals surface area contributed by atoms with Crippen molar-refractivity contribution in [2.45, 2.75) is 51.6 Å². The minimum atomic E-state index is -2.50. The molecule has 32 heavy (non-hydrogen) atoms. The predicted octanol–water partition coefficient (Wildman–Crippen LogP) is 2.21. The number of carbonyl (C=O) groups is 4. The van der Waals surface area contributed by atoms with E-state index < -0.39 is 51.9 Å².